The van der Waals surface area contributed by atoms with Crippen LogP contribution in [0.2, 0.25) is 5.02 Å². The standard InChI is InChI=1S/C14H16ClNO2/c1-10-7-11(5-6-14(10)15)17-9-13-4-3-12(18-13)8-16-2/h3-7,16H,8-9H2,1-2H3. The Morgan fingerprint density at radius 1 is 1.22 bits per heavy atom. The van der Waals surface area contributed by atoms with Gasteiger partial charge in [-0.05, 0) is 49.9 Å². The molecule has 96 valence electrons. The maximum atomic E-state index is 5.95. The molecule has 1 aromatic carbocycles. The molecule has 0 atom stereocenters. The number of hydrogen-bond donors (Lipinski definition) is 1. The van der Waals surface area contributed by atoms with Gasteiger partial charge in [0.15, 0.2) is 0 Å². The number of benzene rings is 1. The molecule has 2 rings (SSSR count). The van der Waals surface area contributed by atoms with Gasteiger partial charge in [-0.1, -0.05) is 11.6 Å². The molecule has 4 heteroatoms. The molecule has 0 aliphatic carbocycles. The highest BCUT2D eigenvalue weighted by Crippen LogP contribution is 2.22. The van der Waals surface area contributed by atoms with E-state index >= 15 is 0 Å². The van der Waals surface area contributed by atoms with Crippen LogP contribution in [0.15, 0.2) is 34.7 Å². The van der Waals surface area contributed by atoms with Gasteiger partial charge in [0, 0.05) is 5.02 Å². The van der Waals surface area contributed by atoms with E-state index in [-0.39, 0.29) is 0 Å². The summed E-state index contributed by atoms with van der Waals surface area (Å²) in [6.07, 6.45) is 0. The number of hydrogen-bond acceptors (Lipinski definition) is 3. The van der Waals surface area contributed by atoms with E-state index in [0.29, 0.717) is 6.61 Å². The summed E-state index contributed by atoms with van der Waals surface area (Å²) in [5, 5.41) is 3.78. The molecule has 0 aliphatic rings. The van der Waals surface area contributed by atoms with Crippen molar-refractivity contribution >= 4 is 11.6 Å². The number of nitrogens with one attached hydrogen (secondary N) is 1. The minimum absolute atomic E-state index is 0.421. The van der Waals surface area contributed by atoms with Gasteiger partial charge in [-0.25, -0.2) is 0 Å². The maximum Gasteiger partial charge on any atom is 0.146 e. The van der Waals surface area contributed by atoms with Crippen molar-refractivity contribution in [1.29, 1.82) is 0 Å². The van der Waals surface area contributed by atoms with Gasteiger partial charge in [0.2, 0.25) is 0 Å². The molecule has 0 spiro atoms. The summed E-state index contributed by atoms with van der Waals surface area (Å²) in [4.78, 5) is 0. The van der Waals surface area contributed by atoms with Crippen molar-refractivity contribution < 1.29 is 9.15 Å². The van der Waals surface area contributed by atoms with Gasteiger partial charge >= 0.3 is 0 Å². The van der Waals surface area contributed by atoms with Gasteiger partial charge in [-0.2, -0.15) is 0 Å². The van der Waals surface area contributed by atoms with Crippen LogP contribution in [0.25, 0.3) is 0 Å². The summed E-state index contributed by atoms with van der Waals surface area (Å²) < 4.78 is 11.2. The molecule has 0 amide bonds. The Labute approximate surface area is 112 Å². The summed E-state index contributed by atoms with van der Waals surface area (Å²) in [5.74, 6) is 2.51. The maximum absolute atomic E-state index is 5.95. The van der Waals surface area contributed by atoms with E-state index in [9.17, 15) is 0 Å². The first kappa shape index (κ1) is 13.0. The zero-order valence-corrected chi connectivity index (χ0v) is 11.3. The van der Waals surface area contributed by atoms with Gasteiger partial charge < -0.3 is 14.5 Å². The van der Waals surface area contributed by atoms with Crippen LogP contribution in [-0.2, 0) is 13.2 Å². The van der Waals surface area contributed by atoms with Crippen LogP contribution in [0.4, 0.5) is 0 Å². The van der Waals surface area contributed by atoms with E-state index in [1.54, 1.807) is 0 Å². The predicted molar refractivity (Wildman–Crippen MR) is 72.0 cm³/mol. The summed E-state index contributed by atoms with van der Waals surface area (Å²) >= 11 is 5.95. The fraction of sp³-hybridized carbons (Fsp3) is 0.286. The molecule has 0 bridgehead atoms. The van der Waals surface area contributed by atoms with Crippen LogP contribution in [-0.4, -0.2) is 7.05 Å². The Morgan fingerprint density at radius 3 is 2.72 bits per heavy atom. The third kappa shape index (κ3) is 3.28. The Balaban J connectivity index is 1.95. The predicted octanol–water partition coefficient (Wildman–Crippen LogP) is 3.54. The van der Waals surface area contributed by atoms with Crippen molar-refractivity contribution in [3.63, 3.8) is 0 Å². The first-order valence-electron chi connectivity index (χ1n) is 5.80. The molecule has 1 N–H and O–H groups in total. The lowest BCUT2D eigenvalue weighted by molar-refractivity contribution is 0.265. The van der Waals surface area contributed by atoms with Crippen LogP contribution in [0.1, 0.15) is 17.1 Å². The zero-order valence-electron chi connectivity index (χ0n) is 10.5. The Bertz CT molecular complexity index is 522. The molecule has 0 saturated heterocycles. The minimum atomic E-state index is 0.421. The van der Waals surface area contributed by atoms with E-state index in [4.69, 9.17) is 20.8 Å². The molecule has 0 aliphatic heterocycles. The van der Waals surface area contributed by atoms with E-state index in [1.807, 2.05) is 44.3 Å². The van der Waals surface area contributed by atoms with E-state index in [2.05, 4.69) is 5.32 Å². The van der Waals surface area contributed by atoms with Crippen LogP contribution >= 0.6 is 11.6 Å². The second-order valence-electron chi connectivity index (χ2n) is 4.10. The summed E-state index contributed by atoms with van der Waals surface area (Å²) in [6, 6.07) is 9.48. The third-order valence-corrected chi connectivity index (χ3v) is 3.00. The van der Waals surface area contributed by atoms with Crippen LogP contribution in [0, 0.1) is 6.92 Å². The Hall–Kier alpha value is -1.45. The summed E-state index contributed by atoms with van der Waals surface area (Å²) in [7, 11) is 1.88. The average molecular weight is 266 g/mol. The van der Waals surface area contributed by atoms with Gasteiger partial charge in [-0.3, -0.25) is 0 Å². The van der Waals surface area contributed by atoms with Crippen molar-refractivity contribution in [2.24, 2.45) is 0 Å². The lowest BCUT2D eigenvalue weighted by atomic mass is 10.2. The quantitative estimate of drug-likeness (QED) is 0.898. The van der Waals surface area contributed by atoms with Gasteiger partial charge in [0.25, 0.3) is 0 Å². The second-order valence-corrected chi connectivity index (χ2v) is 4.51. The summed E-state index contributed by atoms with van der Waals surface area (Å²) in [5.41, 5.74) is 1.00. The molecule has 18 heavy (non-hydrogen) atoms. The second kappa shape index (κ2) is 5.94. The molecule has 0 unspecified atom stereocenters. The lowest BCUT2D eigenvalue weighted by Gasteiger charge is -2.06. The van der Waals surface area contributed by atoms with Gasteiger partial charge in [0.05, 0.1) is 6.54 Å². The average Bonchev–Trinajstić information content (AvgIpc) is 2.79. The first-order chi connectivity index (χ1) is 8.69. The molecule has 2 aromatic rings. The minimum Gasteiger partial charge on any atom is -0.486 e. The van der Waals surface area contributed by atoms with Crippen molar-refractivity contribution in [2.45, 2.75) is 20.1 Å². The van der Waals surface area contributed by atoms with Crippen LogP contribution < -0.4 is 10.1 Å². The monoisotopic (exact) mass is 265 g/mol. The van der Waals surface area contributed by atoms with E-state index in [1.165, 1.54) is 0 Å². The van der Waals surface area contributed by atoms with Crippen LogP contribution in [0.5, 0.6) is 5.75 Å². The SMILES string of the molecule is CNCc1ccc(COc2ccc(Cl)c(C)c2)o1. The normalized spacial score (nSPS) is 10.6. The molecule has 3 nitrogen and oxygen atoms in total. The highest BCUT2D eigenvalue weighted by atomic mass is 35.5. The molecule has 0 saturated carbocycles. The molecule has 1 aromatic heterocycles. The Morgan fingerprint density at radius 2 is 2.00 bits per heavy atom. The van der Waals surface area contributed by atoms with Gasteiger partial charge in [-0.15, -0.1) is 0 Å². The third-order valence-electron chi connectivity index (χ3n) is 2.58. The molecular formula is C14H16ClNO2. The highest BCUT2D eigenvalue weighted by Gasteiger charge is 2.03. The number of aryl methyl sites for hydroxylation is 1. The lowest BCUT2D eigenvalue weighted by Crippen LogP contribution is -2.03. The smallest absolute Gasteiger partial charge is 0.146 e. The molecular weight excluding hydrogens is 250 g/mol. The largest absolute Gasteiger partial charge is 0.486 e. The van der Waals surface area contributed by atoms with Crippen LogP contribution in [0.3, 0.4) is 0 Å². The topological polar surface area (TPSA) is 34.4 Å². The fourth-order valence-electron chi connectivity index (χ4n) is 1.63. The first-order valence-corrected chi connectivity index (χ1v) is 6.18. The number of halogens is 1. The number of rotatable bonds is 5. The number of ether oxygens (including phenoxy) is 1. The Kier molecular flexibility index (Phi) is 4.28. The molecule has 0 radical (unpaired) electrons. The van der Waals surface area contributed by atoms with Crippen molar-refractivity contribution in [1.82, 2.24) is 5.32 Å². The summed E-state index contributed by atoms with van der Waals surface area (Å²) in [6.45, 7) is 3.10. The van der Waals surface area contributed by atoms with Gasteiger partial charge in [0.1, 0.15) is 23.9 Å². The van der Waals surface area contributed by atoms with Crippen molar-refractivity contribution in [3.8, 4) is 5.75 Å². The highest BCUT2D eigenvalue weighted by molar-refractivity contribution is 6.31. The van der Waals surface area contributed by atoms with Crippen molar-refractivity contribution in [2.75, 3.05) is 7.05 Å². The molecule has 0 fully saturated rings. The fourth-order valence-corrected chi connectivity index (χ4v) is 1.75. The zero-order chi connectivity index (χ0) is 13.0. The van der Waals surface area contributed by atoms with Crippen molar-refractivity contribution in [3.05, 3.63) is 52.4 Å². The van der Waals surface area contributed by atoms with E-state index < -0.39 is 0 Å². The van der Waals surface area contributed by atoms with E-state index in [0.717, 1.165) is 34.4 Å². The number of furan rings is 1. The molecule has 1 heterocycles.